The van der Waals surface area contributed by atoms with Crippen molar-refractivity contribution in [2.45, 2.75) is 19.9 Å². The molecule has 22 heavy (non-hydrogen) atoms. The van der Waals surface area contributed by atoms with Gasteiger partial charge in [-0.1, -0.05) is 13.8 Å². The van der Waals surface area contributed by atoms with Crippen LogP contribution in [-0.4, -0.2) is 35.4 Å². The lowest BCUT2D eigenvalue weighted by atomic mass is 10.1. The van der Waals surface area contributed by atoms with Gasteiger partial charge in [0.1, 0.15) is 0 Å². The Morgan fingerprint density at radius 3 is 2.64 bits per heavy atom. The van der Waals surface area contributed by atoms with Crippen molar-refractivity contribution in [2.75, 3.05) is 19.6 Å². The van der Waals surface area contributed by atoms with Gasteiger partial charge >= 0.3 is 0 Å². The number of hydrogen-bond donors (Lipinski definition) is 2. The molecule has 0 saturated carbocycles. The fraction of sp³-hybridized carbons (Fsp3) is 0.375. The number of pyridine rings is 1. The maximum atomic E-state index is 12.2. The van der Waals surface area contributed by atoms with Gasteiger partial charge in [0.25, 0.3) is 5.91 Å². The molecule has 118 valence electrons. The molecular formula is C16H21N3O2S. The van der Waals surface area contributed by atoms with E-state index < -0.39 is 0 Å². The minimum Gasteiger partial charge on any atom is -0.350 e. The average molecular weight is 319 g/mol. The number of carbonyl (C=O) groups excluding carboxylic acids is 1. The molecule has 2 aromatic heterocycles. The Labute approximate surface area is 134 Å². The highest BCUT2D eigenvalue weighted by Gasteiger charge is 2.19. The summed E-state index contributed by atoms with van der Waals surface area (Å²) in [7, 11) is 0. The summed E-state index contributed by atoms with van der Waals surface area (Å²) in [4.78, 5) is 28.1. The van der Waals surface area contributed by atoms with E-state index in [9.17, 15) is 9.59 Å². The summed E-state index contributed by atoms with van der Waals surface area (Å²) in [6.07, 6.45) is 1.44. The van der Waals surface area contributed by atoms with E-state index in [1.165, 1.54) is 23.9 Å². The van der Waals surface area contributed by atoms with Crippen molar-refractivity contribution in [2.24, 2.45) is 0 Å². The van der Waals surface area contributed by atoms with Gasteiger partial charge in [-0.2, -0.15) is 11.3 Å². The number of carbonyl (C=O) groups is 1. The first-order chi connectivity index (χ1) is 10.7. The Morgan fingerprint density at radius 1 is 1.32 bits per heavy atom. The zero-order valence-electron chi connectivity index (χ0n) is 12.8. The van der Waals surface area contributed by atoms with E-state index in [-0.39, 0.29) is 17.5 Å². The molecule has 0 aliphatic carbocycles. The van der Waals surface area contributed by atoms with Crippen molar-refractivity contribution in [3.8, 4) is 0 Å². The molecule has 2 aromatic rings. The molecule has 0 aliphatic rings. The van der Waals surface area contributed by atoms with Crippen LogP contribution < -0.4 is 10.9 Å². The zero-order chi connectivity index (χ0) is 15.9. The van der Waals surface area contributed by atoms with Crippen LogP contribution in [0.5, 0.6) is 0 Å². The predicted octanol–water partition coefficient (Wildman–Crippen LogP) is 2.25. The Hall–Kier alpha value is -1.92. The third-order valence-corrected chi connectivity index (χ3v) is 4.38. The summed E-state index contributed by atoms with van der Waals surface area (Å²) in [6.45, 7) is 6.62. The molecule has 1 atom stereocenters. The van der Waals surface area contributed by atoms with Crippen molar-refractivity contribution >= 4 is 17.2 Å². The number of rotatable bonds is 7. The van der Waals surface area contributed by atoms with Crippen LogP contribution in [0.2, 0.25) is 0 Å². The van der Waals surface area contributed by atoms with Crippen molar-refractivity contribution in [3.05, 3.63) is 56.6 Å². The highest BCUT2D eigenvalue weighted by atomic mass is 32.1. The second-order valence-electron chi connectivity index (χ2n) is 4.95. The summed E-state index contributed by atoms with van der Waals surface area (Å²) in [6, 6.07) is 5.15. The Morgan fingerprint density at radius 2 is 2.09 bits per heavy atom. The lowest BCUT2D eigenvalue weighted by Crippen LogP contribution is -2.38. The molecule has 0 unspecified atom stereocenters. The molecule has 1 amide bonds. The third kappa shape index (κ3) is 4.05. The monoisotopic (exact) mass is 319 g/mol. The minimum absolute atomic E-state index is 0.160. The van der Waals surface area contributed by atoms with Gasteiger partial charge < -0.3 is 10.3 Å². The van der Waals surface area contributed by atoms with E-state index in [4.69, 9.17) is 0 Å². The van der Waals surface area contributed by atoms with E-state index in [0.717, 1.165) is 13.1 Å². The number of likely N-dealkylation sites (N-methyl/N-ethyl adjacent to an activating group) is 1. The highest BCUT2D eigenvalue weighted by Crippen LogP contribution is 2.22. The van der Waals surface area contributed by atoms with Gasteiger partial charge in [0.15, 0.2) is 0 Å². The number of H-pyrrole nitrogens is 1. The molecule has 2 N–H and O–H groups in total. The van der Waals surface area contributed by atoms with Gasteiger partial charge in [0, 0.05) is 18.8 Å². The van der Waals surface area contributed by atoms with Gasteiger partial charge in [-0.05, 0) is 41.5 Å². The number of thiophene rings is 1. The number of aromatic amines is 1. The van der Waals surface area contributed by atoms with Gasteiger partial charge in [0.2, 0.25) is 5.56 Å². The van der Waals surface area contributed by atoms with Gasteiger partial charge in [-0.3, -0.25) is 14.5 Å². The van der Waals surface area contributed by atoms with Crippen LogP contribution in [0.4, 0.5) is 0 Å². The Bertz CT molecular complexity index is 627. The summed E-state index contributed by atoms with van der Waals surface area (Å²) in [5.74, 6) is -0.177. The summed E-state index contributed by atoms with van der Waals surface area (Å²) >= 11 is 1.66. The maximum absolute atomic E-state index is 12.2. The van der Waals surface area contributed by atoms with Crippen LogP contribution in [0, 0.1) is 0 Å². The Kier molecular flexibility index (Phi) is 5.91. The molecule has 5 nitrogen and oxygen atoms in total. The molecule has 0 aliphatic heterocycles. The van der Waals surface area contributed by atoms with E-state index in [1.807, 2.05) is 0 Å². The summed E-state index contributed by atoms with van der Waals surface area (Å²) in [5, 5.41) is 7.13. The first kappa shape index (κ1) is 16.5. The number of aromatic nitrogens is 1. The average Bonchev–Trinajstić information content (AvgIpc) is 3.06. The zero-order valence-corrected chi connectivity index (χ0v) is 13.7. The van der Waals surface area contributed by atoms with Crippen molar-refractivity contribution in [3.63, 3.8) is 0 Å². The topological polar surface area (TPSA) is 65.2 Å². The smallest absolute Gasteiger partial charge is 0.252 e. The number of amides is 1. The fourth-order valence-electron chi connectivity index (χ4n) is 2.43. The standard InChI is InChI=1S/C16H21N3O2S/c1-3-19(4-2)14(13-7-8-22-11-13)10-18-16(21)12-5-6-15(20)17-9-12/h5-9,11,14H,3-4,10H2,1-2H3,(H,17,20)(H,18,21)/t14-/m0/s1. The van der Waals surface area contributed by atoms with Crippen LogP contribution in [0.15, 0.2) is 40.0 Å². The largest absolute Gasteiger partial charge is 0.350 e. The molecule has 0 radical (unpaired) electrons. The first-order valence-corrected chi connectivity index (χ1v) is 8.33. The fourth-order valence-corrected chi connectivity index (χ4v) is 3.14. The van der Waals surface area contributed by atoms with Gasteiger partial charge in [-0.15, -0.1) is 0 Å². The van der Waals surface area contributed by atoms with Crippen LogP contribution >= 0.6 is 11.3 Å². The summed E-state index contributed by atoms with van der Waals surface area (Å²) in [5.41, 5.74) is 1.47. The Balaban J connectivity index is 2.06. The molecule has 0 fully saturated rings. The quantitative estimate of drug-likeness (QED) is 0.822. The SMILES string of the molecule is CCN(CC)[C@@H](CNC(=O)c1ccc(=O)[nH]c1)c1ccsc1. The lowest BCUT2D eigenvalue weighted by Gasteiger charge is -2.29. The van der Waals surface area contributed by atoms with E-state index in [1.54, 1.807) is 11.3 Å². The summed E-state index contributed by atoms with van der Waals surface area (Å²) < 4.78 is 0. The lowest BCUT2D eigenvalue weighted by molar-refractivity contribution is 0.0934. The van der Waals surface area contributed by atoms with Crippen molar-refractivity contribution in [1.29, 1.82) is 0 Å². The normalized spacial score (nSPS) is 12.3. The van der Waals surface area contributed by atoms with E-state index in [0.29, 0.717) is 12.1 Å². The van der Waals surface area contributed by atoms with Crippen molar-refractivity contribution in [1.82, 2.24) is 15.2 Å². The van der Waals surface area contributed by atoms with Crippen molar-refractivity contribution < 1.29 is 4.79 Å². The van der Waals surface area contributed by atoms with Crippen LogP contribution in [0.3, 0.4) is 0 Å². The van der Waals surface area contributed by atoms with E-state index in [2.05, 4.69) is 45.9 Å². The van der Waals surface area contributed by atoms with Crippen LogP contribution in [-0.2, 0) is 0 Å². The molecule has 6 heteroatoms. The van der Waals surface area contributed by atoms with Gasteiger partial charge in [-0.25, -0.2) is 0 Å². The molecule has 2 heterocycles. The molecule has 0 saturated heterocycles. The number of hydrogen-bond acceptors (Lipinski definition) is 4. The second kappa shape index (κ2) is 7.91. The first-order valence-electron chi connectivity index (χ1n) is 7.38. The van der Waals surface area contributed by atoms with E-state index >= 15 is 0 Å². The maximum Gasteiger partial charge on any atom is 0.252 e. The number of nitrogens with zero attached hydrogens (tertiary/aromatic N) is 1. The second-order valence-corrected chi connectivity index (χ2v) is 5.73. The molecule has 0 aromatic carbocycles. The molecular weight excluding hydrogens is 298 g/mol. The van der Waals surface area contributed by atoms with Crippen LogP contribution in [0.1, 0.15) is 35.8 Å². The minimum atomic E-state index is -0.212. The molecule has 0 spiro atoms. The molecule has 0 bridgehead atoms. The highest BCUT2D eigenvalue weighted by molar-refractivity contribution is 7.07. The predicted molar refractivity (Wildman–Crippen MR) is 89.4 cm³/mol. The number of nitrogens with one attached hydrogen (secondary N) is 2. The third-order valence-electron chi connectivity index (χ3n) is 3.68. The van der Waals surface area contributed by atoms with Gasteiger partial charge in [0.05, 0.1) is 11.6 Å². The molecule has 2 rings (SSSR count). The van der Waals surface area contributed by atoms with Crippen LogP contribution in [0.25, 0.3) is 0 Å².